The van der Waals surface area contributed by atoms with E-state index in [0.29, 0.717) is 23.1 Å². The van der Waals surface area contributed by atoms with Gasteiger partial charge in [-0.05, 0) is 42.0 Å². The molecule has 0 aliphatic heterocycles. The smallest absolute Gasteiger partial charge is 0.250 e. The average Bonchev–Trinajstić information content (AvgIpc) is 3.26. The van der Waals surface area contributed by atoms with Crippen molar-refractivity contribution in [2.45, 2.75) is 13.5 Å². The quantitative estimate of drug-likeness (QED) is 0.570. The molecule has 124 valence electrons. The van der Waals surface area contributed by atoms with Crippen molar-refractivity contribution in [1.29, 1.82) is 0 Å². The lowest BCUT2D eigenvalue weighted by atomic mass is 10.1. The molecule has 25 heavy (non-hydrogen) atoms. The molecule has 0 saturated carbocycles. The van der Waals surface area contributed by atoms with Crippen LogP contribution >= 0.6 is 0 Å². The van der Waals surface area contributed by atoms with Crippen molar-refractivity contribution >= 4 is 0 Å². The molecular formula is C17H13FN6O. The maximum Gasteiger partial charge on any atom is 0.250 e. The molecule has 0 aliphatic rings. The molecule has 2 aromatic heterocycles. The first-order valence-corrected chi connectivity index (χ1v) is 7.61. The number of aryl methyl sites for hydroxylation is 1. The number of benzene rings is 2. The number of tetrazole rings is 1. The summed E-state index contributed by atoms with van der Waals surface area (Å²) in [6, 6.07) is 13.7. The van der Waals surface area contributed by atoms with Crippen molar-refractivity contribution in [2.75, 3.05) is 0 Å². The highest BCUT2D eigenvalue weighted by molar-refractivity contribution is 5.58. The fourth-order valence-corrected chi connectivity index (χ4v) is 2.40. The third-order valence-electron chi connectivity index (χ3n) is 3.69. The molecule has 0 spiro atoms. The van der Waals surface area contributed by atoms with Gasteiger partial charge in [0, 0.05) is 11.1 Å². The Balaban J connectivity index is 1.54. The van der Waals surface area contributed by atoms with Gasteiger partial charge >= 0.3 is 0 Å². The van der Waals surface area contributed by atoms with Gasteiger partial charge in [-0.2, -0.15) is 9.78 Å². The van der Waals surface area contributed by atoms with Gasteiger partial charge in [0.05, 0.1) is 0 Å². The Kier molecular flexibility index (Phi) is 3.77. The molecule has 0 amide bonds. The third-order valence-corrected chi connectivity index (χ3v) is 3.69. The van der Waals surface area contributed by atoms with E-state index in [4.69, 9.17) is 4.52 Å². The van der Waals surface area contributed by atoms with Gasteiger partial charge in [-0.25, -0.2) is 4.39 Å². The van der Waals surface area contributed by atoms with Crippen molar-refractivity contribution in [3.8, 4) is 22.8 Å². The minimum atomic E-state index is -0.317. The predicted molar refractivity (Wildman–Crippen MR) is 86.8 cm³/mol. The molecule has 0 N–H and O–H groups in total. The molecule has 7 nitrogen and oxygen atoms in total. The van der Waals surface area contributed by atoms with Gasteiger partial charge in [0.15, 0.2) is 0 Å². The van der Waals surface area contributed by atoms with E-state index in [-0.39, 0.29) is 12.4 Å². The lowest BCUT2D eigenvalue weighted by molar-refractivity contribution is 0.356. The monoisotopic (exact) mass is 336 g/mol. The van der Waals surface area contributed by atoms with E-state index in [0.717, 1.165) is 11.1 Å². The standard InChI is InChI=1S/C17H13FN6O/c1-11-4-2-3-5-14(11)17-20-23-24(21-17)10-15-19-16(22-25-15)12-6-8-13(18)9-7-12/h2-9H,10H2,1H3. The Morgan fingerprint density at radius 1 is 1.04 bits per heavy atom. The summed E-state index contributed by atoms with van der Waals surface area (Å²) in [5.74, 6) is 0.946. The Morgan fingerprint density at radius 3 is 2.64 bits per heavy atom. The molecule has 0 saturated heterocycles. The molecule has 0 unspecified atom stereocenters. The fourth-order valence-electron chi connectivity index (χ4n) is 2.40. The highest BCUT2D eigenvalue weighted by atomic mass is 19.1. The second-order valence-electron chi connectivity index (χ2n) is 5.48. The Labute approximate surface area is 142 Å². The number of rotatable bonds is 4. The van der Waals surface area contributed by atoms with Gasteiger partial charge in [-0.15, -0.1) is 10.2 Å². The predicted octanol–water partition coefficient (Wildman–Crippen LogP) is 2.89. The molecule has 0 aliphatic carbocycles. The van der Waals surface area contributed by atoms with E-state index >= 15 is 0 Å². The largest absolute Gasteiger partial charge is 0.337 e. The molecule has 0 atom stereocenters. The Morgan fingerprint density at radius 2 is 1.84 bits per heavy atom. The summed E-state index contributed by atoms with van der Waals surface area (Å²) in [5.41, 5.74) is 2.66. The van der Waals surface area contributed by atoms with E-state index in [1.165, 1.54) is 16.9 Å². The molecule has 4 aromatic rings. The molecule has 0 radical (unpaired) electrons. The van der Waals surface area contributed by atoms with Crippen LogP contribution in [0.2, 0.25) is 0 Å². The summed E-state index contributed by atoms with van der Waals surface area (Å²) < 4.78 is 18.2. The van der Waals surface area contributed by atoms with Crippen LogP contribution in [0.5, 0.6) is 0 Å². The van der Waals surface area contributed by atoms with E-state index in [2.05, 4.69) is 25.6 Å². The van der Waals surface area contributed by atoms with Gasteiger partial charge in [0.1, 0.15) is 12.4 Å². The van der Waals surface area contributed by atoms with Crippen LogP contribution in [0, 0.1) is 12.7 Å². The van der Waals surface area contributed by atoms with E-state index < -0.39 is 0 Å². The summed E-state index contributed by atoms with van der Waals surface area (Å²) in [6.07, 6.45) is 0. The van der Waals surface area contributed by atoms with Crippen molar-refractivity contribution in [2.24, 2.45) is 0 Å². The SMILES string of the molecule is Cc1ccccc1-c1nnn(Cc2nc(-c3ccc(F)cc3)no2)n1. The zero-order chi connectivity index (χ0) is 17.2. The van der Waals surface area contributed by atoms with E-state index in [1.54, 1.807) is 12.1 Å². The second kappa shape index (κ2) is 6.23. The number of hydrogen-bond acceptors (Lipinski definition) is 6. The first-order valence-electron chi connectivity index (χ1n) is 7.61. The number of halogens is 1. The first-order chi connectivity index (χ1) is 12.2. The highest BCUT2D eigenvalue weighted by Crippen LogP contribution is 2.19. The highest BCUT2D eigenvalue weighted by Gasteiger charge is 2.13. The number of nitrogens with zero attached hydrogens (tertiary/aromatic N) is 6. The summed E-state index contributed by atoms with van der Waals surface area (Å²) in [6.45, 7) is 2.19. The van der Waals surface area contributed by atoms with Crippen LogP contribution in [-0.2, 0) is 6.54 Å². The van der Waals surface area contributed by atoms with Crippen molar-refractivity contribution in [3.63, 3.8) is 0 Å². The maximum absolute atomic E-state index is 13.0. The maximum atomic E-state index is 13.0. The molecule has 0 bridgehead atoms. The summed E-state index contributed by atoms with van der Waals surface area (Å²) >= 11 is 0. The molecule has 8 heteroatoms. The second-order valence-corrected chi connectivity index (χ2v) is 5.48. The van der Waals surface area contributed by atoms with Gasteiger partial charge < -0.3 is 4.52 Å². The van der Waals surface area contributed by atoms with Crippen molar-refractivity contribution in [1.82, 2.24) is 30.3 Å². The van der Waals surface area contributed by atoms with E-state index in [1.807, 2.05) is 31.2 Å². The summed E-state index contributed by atoms with van der Waals surface area (Å²) in [7, 11) is 0. The summed E-state index contributed by atoms with van der Waals surface area (Å²) in [5, 5.41) is 16.3. The van der Waals surface area contributed by atoms with Gasteiger partial charge in [-0.3, -0.25) is 0 Å². The van der Waals surface area contributed by atoms with Crippen LogP contribution in [0.15, 0.2) is 53.1 Å². The van der Waals surface area contributed by atoms with Crippen molar-refractivity contribution < 1.29 is 8.91 Å². The number of hydrogen-bond donors (Lipinski definition) is 0. The molecular weight excluding hydrogens is 323 g/mol. The lowest BCUT2D eigenvalue weighted by Gasteiger charge is -1.98. The number of aromatic nitrogens is 6. The molecule has 2 heterocycles. The zero-order valence-corrected chi connectivity index (χ0v) is 13.3. The minimum absolute atomic E-state index is 0.201. The Bertz CT molecular complexity index is 1010. The van der Waals surface area contributed by atoms with Crippen LogP contribution in [0.3, 0.4) is 0 Å². The zero-order valence-electron chi connectivity index (χ0n) is 13.3. The van der Waals surface area contributed by atoms with Crippen LogP contribution in [0.1, 0.15) is 11.5 Å². The topological polar surface area (TPSA) is 82.5 Å². The van der Waals surface area contributed by atoms with Gasteiger partial charge in [0.2, 0.25) is 11.6 Å². The van der Waals surface area contributed by atoms with Gasteiger partial charge in [0.25, 0.3) is 5.89 Å². The fraction of sp³-hybridized carbons (Fsp3) is 0.118. The van der Waals surface area contributed by atoms with Crippen molar-refractivity contribution in [3.05, 3.63) is 65.8 Å². The first kappa shape index (κ1) is 15.1. The minimum Gasteiger partial charge on any atom is -0.337 e. The third kappa shape index (κ3) is 3.14. The molecule has 0 fully saturated rings. The van der Waals surface area contributed by atoms with Crippen LogP contribution < -0.4 is 0 Å². The van der Waals surface area contributed by atoms with Crippen LogP contribution in [0.4, 0.5) is 4.39 Å². The van der Waals surface area contributed by atoms with Crippen LogP contribution in [-0.4, -0.2) is 30.3 Å². The lowest BCUT2D eigenvalue weighted by Crippen LogP contribution is -2.04. The average molecular weight is 336 g/mol. The van der Waals surface area contributed by atoms with Crippen LogP contribution in [0.25, 0.3) is 22.8 Å². The molecule has 4 rings (SSSR count). The van der Waals surface area contributed by atoms with Gasteiger partial charge in [-0.1, -0.05) is 29.4 Å². The normalized spacial score (nSPS) is 11.0. The summed E-state index contributed by atoms with van der Waals surface area (Å²) in [4.78, 5) is 5.67. The molecule has 2 aromatic carbocycles. The van der Waals surface area contributed by atoms with E-state index in [9.17, 15) is 4.39 Å². The Hall–Kier alpha value is -3.42.